The van der Waals surface area contributed by atoms with E-state index in [2.05, 4.69) is 0 Å². The third-order valence-corrected chi connectivity index (χ3v) is 2.09. The molecule has 0 aliphatic carbocycles. The van der Waals surface area contributed by atoms with Crippen LogP contribution in [0.1, 0.15) is 28.8 Å². The number of benzene rings is 1. The summed E-state index contributed by atoms with van der Waals surface area (Å²) in [5, 5.41) is 17.0. The molecule has 1 N–H and O–H groups in total. The van der Waals surface area contributed by atoms with Gasteiger partial charge in [0.1, 0.15) is 0 Å². The van der Waals surface area contributed by atoms with E-state index in [9.17, 15) is 9.59 Å². The molecule has 0 saturated carbocycles. The van der Waals surface area contributed by atoms with Crippen LogP contribution < -0.4 is 0 Å². The number of ketones is 1. The average Bonchev–Trinajstić information content (AvgIpc) is 2.29. The van der Waals surface area contributed by atoms with Gasteiger partial charge in [0, 0.05) is 5.56 Å². The second-order valence-electron chi connectivity index (χ2n) is 3.35. The molecular weight excluding hydrogens is 218 g/mol. The molecule has 0 radical (unpaired) electrons. The highest BCUT2D eigenvalue weighted by atomic mass is 16.4. The van der Waals surface area contributed by atoms with E-state index >= 15 is 0 Å². The first-order valence-electron chi connectivity index (χ1n) is 5.02. The fraction of sp³-hybridized carbons (Fsp3) is 0.154. The van der Waals surface area contributed by atoms with Gasteiger partial charge >= 0.3 is 5.97 Å². The van der Waals surface area contributed by atoms with Crippen molar-refractivity contribution in [1.29, 1.82) is 5.26 Å². The molecule has 86 valence electrons. The van der Waals surface area contributed by atoms with E-state index in [1.807, 2.05) is 0 Å². The molecular formula is C13H11NO3. The standard InChI is InChI=1S/C13H11NO3/c14-9-8-12(15)11-6-2-1-4-10(11)5-3-7-13(16)17/h1-6H,7-8H2,(H,16,17). The largest absolute Gasteiger partial charge is 0.481 e. The van der Waals surface area contributed by atoms with Crippen molar-refractivity contribution in [2.75, 3.05) is 0 Å². The van der Waals surface area contributed by atoms with Gasteiger partial charge in [0.25, 0.3) is 0 Å². The van der Waals surface area contributed by atoms with Crippen LogP contribution >= 0.6 is 0 Å². The van der Waals surface area contributed by atoms with Crippen LogP contribution in [-0.4, -0.2) is 16.9 Å². The van der Waals surface area contributed by atoms with Crippen LogP contribution in [0.4, 0.5) is 0 Å². The van der Waals surface area contributed by atoms with Crippen molar-refractivity contribution >= 4 is 17.8 Å². The van der Waals surface area contributed by atoms with Crippen molar-refractivity contribution in [3.05, 3.63) is 41.5 Å². The van der Waals surface area contributed by atoms with Crippen molar-refractivity contribution in [3.8, 4) is 6.07 Å². The van der Waals surface area contributed by atoms with Crippen molar-refractivity contribution in [3.63, 3.8) is 0 Å². The van der Waals surface area contributed by atoms with Crippen LogP contribution in [0.3, 0.4) is 0 Å². The van der Waals surface area contributed by atoms with Crippen molar-refractivity contribution in [2.45, 2.75) is 12.8 Å². The molecule has 0 spiro atoms. The first-order valence-corrected chi connectivity index (χ1v) is 5.02. The lowest BCUT2D eigenvalue weighted by Gasteiger charge is -2.01. The Morgan fingerprint density at radius 3 is 2.71 bits per heavy atom. The number of Topliss-reactive ketones (excluding diaryl/α,β-unsaturated/α-hetero) is 1. The molecule has 0 amide bonds. The number of nitriles is 1. The van der Waals surface area contributed by atoms with Gasteiger partial charge in [-0.15, -0.1) is 0 Å². The number of carbonyl (C=O) groups excluding carboxylic acids is 1. The van der Waals surface area contributed by atoms with Gasteiger partial charge < -0.3 is 5.11 Å². The maximum Gasteiger partial charge on any atom is 0.307 e. The van der Waals surface area contributed by atoms with E-state index in [1.54, 1.807) is 36.4 Å². The minimum atomic E-state index is -0.929. The summed E-state index contributed by atoms with van der Waals surface area (Å²) in [6, 6.07) is 8.60. The Hall–Kier alpha value is -2.41. The van der Waals surface area contributed by atoms with Gasteiger partial charge in [-0.2, -0.15) is 5.26 Å². The van der Waals surface area contributed by atoms with Crippen LogP contribution in [0.25, 0.3) is 6.08 Å². The Morgan fingerprint density at radius 1 is 1.35 bits per heavy atom. The van der Waals surface area contributed by atoms with Gasteiger partial charge in [-0.05, 0) is 5.56 Å². The minimum Gasteiger partial charge on any atom is -0.481 e. The molecule has 17 heavy (non-hydrogen) atoms. The normalized spacial score (nSPS) is 10.1. The molecule has 1 aromatic carbocycles. The fourth-order valence-electron chi connectivity index (χ4n) is 1.35. The third-order valence-electron chi connectivity index (χ3n) is 2.09. The van der Waals surface area contributed by atoms with Gasteiger partial charge in [0.05, 0.1) is 18.9 Å². The first-order chi connectivity index (χ1) is 8.15. The Kier molecular flexibility index (Phi) is 4.64. The number of aliphatic carboxylic acids is 1. The number of carboxylic acid groups (broad SMARTS) is 1. The highest BCUT2D eigenvalue weighted by Crippen LogP contribution is 2.13. The zero-order chi connectivity index (χ0) is 12.7. The molecule has 0 fully saturated rings. The minimum absolute atomic E-state index is 0.0965. The molecule has 1 aromatic rings. The van der Waals surface area contributed by atoms with Crippen molar-refractivity contribution in [2.24, 2.45) is 0 Å². The summed E-state index contributed by atoms with van der Waals surface area (Å²) in [5.74, 6) is -1.19. The number of hydrogen-bond donors (Lipinski definition) is 1. The summed E-state index contributed by atoms with van der Waals surface area (Å²) in [4.78, 5) is 21.9. The summed E-state index contributed by atoms with van der Waals surface area (Å²) in [5.41, 5.74) is 1.07. The summed E-state index contributed by atoms with van der Waals surface area (Å²) in [6.07, 6.45) is 2.78. The number of carboxylic acids is 1. The fourth-order valence-corrected chi connectivity index (χ4v) is 1.35. The maximum atomic E-state index is 11.6. The molecule has 0 saturated heterocycles. The van der Waals surface area contributed by atoms with E-state index in [4.69, 9.17) is 10.4 Å². The quantitative estimate of drug-likeness (QED) is 0.785. The summed E-state index contributed by atoms with van der Waals surface area (Å²) < 4.78 is 0. The molecule has 1 rings (SSSR count). The molecule has 0 aliphatic rings. The van der Waals surface area contributed by atoms with Crippen molar-refractivity contribution < 1.29 is 14.7 Å². The number of rotatable bonds is 5. The number of nitrogens with zero attached hydrogens (tertiary/aromatic N) is 1. The Bertz CT molecular complexity index is 498. The van der Waals surface area contributed by atoms with Gasteiger partial charge in [0.15, 0.2) is 5.78 Å². The summed E-state index contributed by atoms with van der Waals surface area (Å²) in [7, 11) is 0. The highest BCUT2D eigenvalue weighted by molar-refractivity contribution is 6.00. The van der Waals surface area contributed by atoms with Crippen LogP contribution in [0, 0.1) is 11.3 Å². The van der Waals surface area contributed by atoms with E-state index in [1.165, 1.54) is 6.08 Å². The lowest BCUT2D eigenvalue weighted by atomic mass is 10.0. The topological polar surface area (TPSA) is 78.2 Å². The predicted molar refractivity (Wildman–Crippen MR) is 62.3 cm³/mol. The van der Waals surface area contributed by atoms with Crippen LogP contribution in [-0.2, 0) is 4.79 Å². The van der Waals surface area contributed by atoms with Gasteiger partial charge in [-0.3, -0.25) is 9.59 Å². The molecule has 0 aromatic heterocycles. The second kappa shape index (κ2) is 6.23. The smallest absolute Gasteiger partial charge is 0.307 e. The maximum absolute atomic E-state index is 11.6. The van der Waals surface area contributed by atoms with E-state index in [0.29, 0.717) is 11.1 Å². The Morgan fingerprint density at radius 2 is 2.06 bits per heavy atom. The molecule has 0 atom stereocenters. The number of hydrogen-bond acceptors (Lipinski definition) is 3. The molecule has 0 heterocycles. The molecule has 0 unspecified atom stereocenters. The SMILES string of the molecule is N#CCC(=O)c1ccccc1C=CCC(=O)O. The molecule has 0 aliphatic heterocycles. The second-order valence-corrected chi connectivity index (χ2v) is 3.35. The summed E-state index contributed by atoms with van der Waals surface area (Å²) in [6.45, 7) is 0. The van der Waals surface area contributed by atoms with Crippen LogP contribution in [0.2, 0.25) is 0 Å². The third kappa shape index (κ3) is 3.92. The van der Waals surface area contributed by atoms with Gasteiger partial charge in [0.2, 0.25) is 0 Å². The zero-order valence-corrected chi connectivity index (χ0v) is 9.09. The van der Waals surface area contributed by atoms with E-state index in [0.717, 1.165) is 0 Å². The van der Waals surface area contributed by atoms with Crippen LogP contribution in [0.15, 0.2) is 30.3 Å². The number of carbonyl (C=O) groups is 2. The van der Waals surface area contributed by atoms with Gasteiger partial charge in [-0.25, -0.2) is 0 Å². The Balaban J connectivity index is 2.92. The monoisotopic (exact) mass is 229 g/mol. The molecule has 4 nitrogen and oxygen atoms in total. The van der Waals surface area contributed by atoms with E-state index in [-0.39, 0.29) is 18.6 Å². The molecule has 4 heteroatoms. The highest BCUT2D eigenvalue weighted by Gasteiger charge is 2.08. The lowest BCUT2D eigenvalue weighted by Crippen LogP contribution is -2.00. The van der Waals surface area contributed by atoms with Crippen LogP contribution in [0.5, 0.6) is 0 Å². The first kappa shape index (κ1) is 12.7. The predicted octanol–water partition coefficient (Wildman–Crippen LogP) is 2.27. The Labute approximate surface area is 98.8 Å². The van der Waals surface area contributed by atoms with E-state index < -0.39 is 5.97 Å². The van der Waals surface area contributed by atoms with Crippen molar-refractivity contribution in [1.82, 2.24) is 0 Å². The zero-order valence-electron chi connectivity index (χ0n) is 9.09. The van der Waals surface area contributed by atoms with Gasteiger partial charge in [-0.1, -0.05) is 36.4 Å². The average molecular weight is 229 g/mol. The molecule has 0 bridgehead atoms. The lowest BCUT2D eigenvalue weighted by molar-refractivity contribution is -0.135. The summed E-state index contributed by atoms with van der Waals surface area (Å²) >= 11 is 0.